The van der Waals surface area contributed by atoms with Gasteiger partial charge in [0.1, 0.15) is 0 Å². The van der Waals surface area contributed by atoms with E-state index in [-0.39, 0.29) is 0 Å². The van der Waals surface area contributed by atoms with Crippen LogP contribution in [0.25, 0.3) is 0 Å². The van der Waals surface area contributed by atoms with E-state index >= 15 is 0 Å². The van der Waals surface area contributed by atoms with Crippen LogP contribution in [-0.2, 0) is 12.1 Å². The van der Waals surface area contributed by atoms with Crippen molar-refractivity contribution in [3.63, 3.8) is 0 Å². The number of nitrogens with zero attached hydrogens (tertiary/aromatic N) is 1. The highest BCUT2D eigenvalue weighted by molar-refractivity contribution is 6.17. The highest BCUT2D eigenvalue weighted by Crippen LogP contribution is 2.37. The number of halogens is 6. The first-order valence-electron chi connectivity index (χ1n) is 4.30. The highest BCUT2D eigenvalue weighted by atomic mass is 35.5. The molecule has 17 heavy (non-hydrogen) atoms. The molecule has 2 nitrogen and oxygen atoms in total. The zero-order valence-electron chi connectivity index (χ0n) is 8.49. The van der Waals surface area contributed by atoms with Crippen molar-refractivity contribution in [2.75, 3.05) is 7.11 Å². The second-order valence-electron chi connectivity index (χ2n) is 3.01. The van der Waals surface area contributed by atoms with Gasteiger partial charge in [-0.05, 0) is 6.07 Å². The number of hydrogen-bond acceptors (Lipinski definition) is 2. The molecule has 0 N–H and O–H groups in total. The van der Waals surface area contributed by atoms with Gasteiger partial charge in [0.25, 0.3) is 6.43 Å². The van der Waals surface area contributed by atoms with Gasteiger partial charge in [-0.3, -0.25) is 0 Å². The molecule has 0 fully saturated rings. The van der Waals surface area contributed by atoms with Gasteiger partial charge in [0.05, 0.1) is 29.8 Å². The number of hydrogen-bond donors (Lipinski definition) is 0. The summed E-state index contributed by atoms with van der Waals surface area (Å²) in [6, 6.07) is 0.314. The maximum absolute atomic E-state index is 12.5. The molecule has 0 amide bonds. The smallest absolute Gasteiger partial charge is 0.418 e. The summed E-state index contributed by atoms with van der Waals surface area (Å²) in [4.78, 5) is 3.34. The summed E-state index contributed by atoms with van der Waals surface area (Å²) in [6.07, 6.45) is -7.89. The van der Waals surface area contributed by atoms with Crippen molar-refractivity contribution in [3.05, 3.63) is 22.9 Å². The Morgan fingerprint density at radius 2 is 2.00 bits per heavy atom. The minimum absolute atomic E-state index is 0.314. The van der Waals surface area contributed by atoms with E-state index in [1.807, 2.05) is 0 Å². The predicted molar refractivity (Wildman–Crippen MR) is 50.3 cm³/mol. The largest absolute Gasteiger partial charge is 0.481 e. The Bertz CT molecular complexity index is 407. The number of alkyl halides is 6. The molecule has 0 aliphatic heterocycles. The first-order chi connectivity index (χ1) is 7.81. The minimum atomic E-state index is -4.78. The average Bonchev–Trinajstić information content (AvgIpc) is 2.25. The summed E-state index contributed by atoms with van der Waals surface area (Å²) in [5.41, 5.74) is -2.72. The zero-order valence-corrected chi connectivity index (χ0v) is 9.24. The van der Waals surface area contributed by atoms with Crippen molar-refractivity contribution in [2.24, 2.45) is 0 Å². The molecule has 1 rings (SSSR count). The quantitative estimate of drug-likeness (QED) is 0.618. The van der Waals surface area contributed by atoms with Gasteiger partial charge in [0, 0.05) is 0 Å². The minimum Gasteiger partial charge on any atom is -0.481 e. The molecule has 1 heterocycles. The Morgan fingerprint density at radius 3 is 2.35 bits per heavy atom. The van der Waals surface area contributed by atoms with Crippen LogP contribution >= 0.6 is 11.6 Å². The molecule has 1 aromatic rings. The fourth-order valence-corrected chi connectivity index (χ4v) is 1.42. The fourth-order valence-electron chi connectivity index (χ4n) is 1.22. The lowest BCUT2D eigenvalue weighted by Crippen LogP contribution is -2.12. The fraction of sp³-hybridized carbons (Fsp3) is 0.444. The molecule has 0 spiro atoms. The standard InChI is InChI=1S/C9H7ClF5NO/c1-17-8-4(7(11)12)2-5(9(13,14)15)6(3-10)16-8/h2,7H,3H2,1H3. The Labute approximate surface area is 98.4 Å². The number of pyridine rings is 1. The first kappa shape index (κ1) is 14.0. The molecule has 0 saturated carbocycles. The van der Waals surface area contributed by atoms with Crippen LogP contribution in [0.2, 0.25) is 0 Å². The van der Waals surface area contributed by atoms with Crippen LogP contribution in [0.3, 0.4) is 0 Å². The van der Waals surface area contributed by atoms with Gasteiger partial charge in [0.2, 0.25) is 5.88 Å². The molecule has 0 unspecified atom stereocenters. The molecular formula is C9H7ClF5NO. The summed E-state index contributed by atoms with van der Waals surface area (Å²) in [7, 11) is 1.04. The molecule has 0 bridgehead atoms. The average molecular weight is 276 g/mol. The van der Waals surface area contributed by atoms with Crippen molar-refractivity contribution in [1.82, 2.24) is 4.98 Å². The maximum Gasteiger partial charge on any atom is 0.418 e. The van der Waals surface area contributed by atoms with Crippen LogP contribution in [0.1, 0.15) is 23.2 Å². The SMILES string of the molecule is COc1nc(CCl)c(C(F)(F)F)cc1C(F)F. The maximum atomic E-state index is 12.5. The lowest BCUT2D eigenvalue weighted by Gasteiger charge is -2.14. The monoisotopic (exact) mass is 275 g/mol. The molecule has 0 aliphatic rings. The van der Waals surface area contributed by atoms with E-state index in [4.69, 9.17) is 11.6 Å². The molecule has 0 radical (unpaired) electrons. The van der Waals surface area contributed by atoms with Crippen LogP contribution < -0.4 is 4.74 Å². The lowest BCUT2D eigenvalue weighted by atomic mass is 10.1. The van der Waals surface area contributed by atoms with Crippen molar-refractivity contribution in [3.8, 4) is 5.88 Å². The Kier molecular flexibility index (Phi) is 4.13. The number of aromatic nitrogens is 1. The van der Waals surface area contributed by atoms with Crippen molar-refractivity contribution >= 4 is 11.6 Å². The van der Waals surface area contributed by atoms with Crippen molar-refractivity contribution in [2.45, 2.75) is 18.5 Å². The van der Waals surface area contributed by atoms with E-state index in [0.717, 1.165) is 7.11 Å². The van der Waals surface area contributed by atoms with Gasteiger partial charge < -0.3 is 4.74 Å². The number of ether oxygens (including phenoxy) is 1. The van der Waals surface area contributed by atoms with E-state index in [1.54, 1.807) is 0 Å². The predicted octanol–water partition coefficient (Wildman–Crippen LogP) is 3.79. The molecule has 8 heteroatoms. The number of rotatable bonds is 3. The molecule has 0 aromatic carbocycles. The van der Waals surface area contributed by atoms with Crippen LogP contribution in [0, 0.1) is 0 Å². The van der Waals surface area contributed by atoms with Gasteiger partial charge in [0.15, 0.2) is 0 Å². The topological polar surface area (TPSA) is 22.1 Å². The summed E-state index contributed by atoms with van der Waals surface area (Å²) in [6.45, 7) is 0. The van der Waals surface area contributed by atoms with E-state index in [9.17, 15) is 22.0 Å². The van der Waals surface area contributed by atoms with Gasteiger partial charge in [-0.15, -0.1) is 11.6 Å². The second-order valence-corrected chi connectivity index (χ2v) is 3.28. The first-order valence-corrected chi connectivity index (χ1v) is 4.83. The van der Waals surface area contributed by atoms with Crippen molar-refractivity contribution < 1.29 is 26.7 Å². The third-order valence-electron chi connectivity index (χ3n) is 1.95. The second kappa shape index (κ2) is 5.03. The summed E-state index contributed by atoms with van der Waals surface area (Å²) in [5.74, 6) is -1.10. The third kappa shape index (κ3) is 2.96. The molecule has 0 aliphatic carbocycles. The van der Waals surface area contributed by atoms with Gasteiger partial charge in [-0.2, -0.15) is 13.2 Å². The molecule has 0 atom stereocenters. The highest BCUT2D eigenvalue weighted by Gasteiger charge is 2.36. The molecular weight excluding hydrogens is 269 g/mol. The summed E-state index contributed by atoms with van der Waals surface area (Å²) < 4.78 is 67.1. The van der Waals surface area contributed by atoms with Crippen LogP contribution in [0.4, 0.5) is 22.0 Å². The van der Waals surface area contributed by atoms with E-state index < -0.39 is 41.2 Å². The van der Waals surface area contributed by atoms with E-state index in [2.05, 4.69) is 9.72 Å². The van der Waals surface area contributed by atoms with Crippen LogP contribution in [0.5, 0.6) is 5.88 Å². The lowest BCUT2D eigenvalue weighted by molar-refractivity contribution is -0.138. The number of methoxy groups -OCH3 is 1. The Morgan fingerprint density at radius 1 is 1.41 bits per heavy atom. The van der Waals surface area contributed by atoms with Crippen LogP contribution in [0.15, 0.2) is 6.07 Å². The molecule has 0 saturated heterocycles. The summed E-state index contributed by atoms with van der Waals surface area (Å²) in [5, 5.41) is 0. The zero-order chi connectivity index (χ0) is 13.2. The van der Waals surface area contributed by atoms with Crippen LogP contribution in [-0.4, -0.2) is 12.1 Å². The van der Waals surface area contributed by atoms with Crippen molar-refractivity contribution in [1.29, 1.82) is 0 Å². The third-order valence-corrected chi connectivity index (χ3v) is 2.21. The van der Waals surface area contributed by atoms with E-state index in [1.165, 1.54) is 0 Å². The Hall–Kier alpha value is -1.11. The molecule has 96 valence electrons. The van der Waals surface area contributed by atoms with Gasteiger partial charge in [-0.1, -0.05) is 0 Å². The molecule has 1 aromatic heterocycles. The van der Waals surface area contributed by atoms with Gasteiger partial charge in [-0.25, -0.2) is 13.8 Å². The Balaban J connectivity index is 3.45. The normalized spacial score (nSPS) is 12.0. The van der Waals surface area contributed by atoms with Gasteiger partial charge >= 0.3 is 6.18 Å². The summed E-state index contributed by atoms with van der Waals surface area (Å²) >= 11 is 5.29. The van der Waals surface area contributed by atoms with E-state index in [0.29, 0.717) is 6.07 Å².